The Morgan fingerprint density at radius 2 is 1.18 bits per heavy atom. The Labute approximate surface area is 128 Å². The van der Waals surface area contributed by atoms with Gasteiger partial charge in [-0.2, -0.15) is 0 Å². The molecule has 0 saturated carbocycles. The molecule has 112 valence electrons. The molecule has 0 spiro atoms. The minimum absolute atomic E-state index is 0.828. The van der Waals surface area contributed by atoms with Crippen molar-refractivity contribution in [2.45, 2.75) is 26.9 Å². The molecular weight excluding hydrogens is 276 g/mol. The van der Waals surface area contributed by atoms with Crippen LogP contribution in [0.5, 0.6) is 0 Å². The highest BCUT2D eigenvalue weighted by molar-refractivity contribution is 5.70. The van der Waals surface area contributed by atoms with Gasteiger partial charge in [-0.3, -0.25) is 0 Å². The SMILES string of the molecule is CCn1cnc2ncccc21.CCn1cnc2ncccc21. The number of nitrogens with zero attached hydrogens (tertiary/aromatic N) is 6. The van der Waals surface area contributed by atoms with Gasteiger partial charge < -0.3 is 9.13 Å². The first kappa shape index (κ1) is 14.2. The third-order valence-electron chi connectivity index (χ3n) is 3.47. The zero-order chi connectivity index (χ0) is 15.4. The van der Waals surface area contributed by atoms with Gasteiger partial charge in [0.15, 0.2) is 11.3 Å². The van der Waals surface area contributed by atoms with Crippen LogP contribution in [-0.4, -0.2) is 29.1 Å². The van der Waals surface area contributed by atoms with Gasteiger partial charge in [-0.05, 0) is 38.1 Å². The van der Waals surface area contributed by atoms with E-state index in [0.717, 1.165) is 35.4 Å². The van der Waals surface area contributed by atoms with Gasteiger partial charge in [0, 0.05) is 25.5 Å². The zero-order valence-electron chi connectivity index (χ0n) is 12.7. The smallest absolute Gasteiger partial charge is 0.177 e. The predicted molar refractivity (Wildman–Crippen MR) is 86.4 cm³/mol. The molecule has 4 rings (SSSR count). The summed E-state index contributed by atoms with van der Waals surface area (Å²) in [7, 11) is 0. The maximum atomic E-state index is 4.14. The Bertz CT molecular complexity index is 802. The summed E-state index contributed by atoms with van der Waals surface area (Å²) in [5.74, 6) is 0. The van der Waals surface area contributed by atoms with Crippen molar-refractivity contribution in [3.63, 3.8) is 0 Å². The first-order valence-corrected chi connectivity index (χ1v) is 7.35. The molecule has 0 aliphatic rings. The first-order valence-electron chi connectivity index (χ1n) is 7.35. The average molecular weight is 294 g/mol. The molecule has 0 radical (unpaired) electrons. The van der Waals surface area contributed by atoms with Crippen molar-refractivity contribution in [3.8, 4) is 0 Å². The van der Waals surface area contributed by atoms with Crippen LogP contribution in [0.3, 0.4) is 0 Å². The maximum absolute atomic E-state index is 4.14. The van der Waals surface area contributed by atoms with Crippen LogP contribution in [0.4, 0.5) is 0 Å². The molecule has 0 aromatic carbocycles. The van der Waals surface area contributed by atoms with Gasteiger partial charge >= 0.3 is 0 Å². The quantitative estimate of drug-likeness (QED) is 0.570. The van der Waals surface area contributed by atoms with Crippen molar-refractivity contribution < 1.29 is 0 Å². The van der Waals surface area contributed by atoms with E-state index < -0.39 is 0 Å². The van der Waals surface area contributed by atoms with Gasteiger partial charge in [-0.1, -0.05) is 0 Å². The summed E-state index contributed by atoms with van der Waals surface area (Å²) in [5, 5.41) is 0. The minimum atomic E-state index is 0.828. The summed E-state index contributed by atoms with van der Waals surface area (Å²) in [4.78, 5) is 16.5. The topological polar surface area (TPSA) is 61.4 Å². The third-order valence-corrected chi connectivity index (χ3v) is 3.47. The lowest BCUT2D eigenvalue weighted by atomic mass is 10.4. The number of imidazole rings is 2. The largest absolute Gasteiger partial charge is 0.330 e. The minimum Gasteiger partial charge on any atom is -0.330 e. The number of pyridine rings is 2. The van der Waals surface area contributed by atoms with Crippen molar-refractivity contribution >= 4 is 22.3 Å². The molecule has 0 atom stereocenters. The molecule has 6 heteroatoms. The molecule has 0 bridgehead atoms. The van der Waals surface area contributed by atoms with E-state index >= 15 is 0 Å². The Balaban J connectivity index is 0.000000131. The van der Waals surface area contributed by atoms with Gasteiger partial charge in [0.05, 0.1) is 23.7 Å². The summed E-state index contributed by atoms with van der Waals surface area (Å²) in [6.07, 6.45) is 7.15. The number of hydrogen-bond acceptors (Lipinski definition) is 4. The summed E-state index contributed by atoms with van der Waals surface area (Å²) in [6.45, 7) is 6.08. The molecule has 0 aliphatic carbocycles. The summed E-state index contributed by atoms with van der Waals surface area (Å²) in [6, 6.07) is 7.91. The molecule has 0 amide bonds. The number of rotatable bonds is 2. The molecule has 0 aliphatic heterocycles. The van der Waals surface area contributed by atoms with E-state index in [-0.39, 0.29) is 0 Å². The van der Waals surface area contributed by atoms with Crippen LogP contribution in [0.25, 0.3) is 22.3 Å². The Morgan fingerprint density at radius 1 is 0.727 bits per heavy atom. The average Bonchev–Trinajstić information content (AvgIpc) is 3.19. The van der Waals surface area contributed by atoms with Crippen LogP contribution in [-0.2, 0) is 13.1 Å². The highest BCUT2D eigenvalue weighted by Crippen LogP contribution is 2.08. The summed E-state index contributed by atoms with van der Waals surface area (Å²) in [5.41, 5.74) is 3.87. The highest BCUT2D eigenvalue weighted by Gasteiger charge is 1.99. The van der Waals surface area contributed by atoms with E-state index in [1.165, 1.54) is 0 Å². The summed E-state index contributed by atoms with van der Waals surface area (Å²) >= 11 is 0. The van der Waals surface area contributed by atoms with Gasteiger partial charge in [0.1, 0.15) is 0 Å². The lowest BCUT2D eigenvalue weighted by molar-refractivity contribution is 0.787. The van der Waals surface area contributed by atoms with Gasteiger partial charge in [0.25, 0.3) is 0 Å². The van der Waals surface area contributed by atoms with Crippen LogP contribution >= 0.6 is 0 Å². The standard InChI is InChI=1S/2C8H9N3/c2*1-2-11-6-10-8-7(11)4-3-5-9-8/h2*3-6H,2H2,1H3. The lowest BCUT2D eigenvalue weighted by Crippen LogP contribution is -1.89. The molecule has 0 unspecified atom stereocenters. The van der Waals surface area contributed by atoms with Crippen LogP contribution in [0.2, 0.25) is 0 Å². The molecule has 0 fully saturated rings. The van der Waals surface area contributed by atoms with E-state index in [1.807, 2.05) is 36.9 Å². The maximum Gasteiger partial charge on any atom is 0.177 e. The van der Waals surface area contributed by atoms with Crippen LogP contribution in [0, 0.1) is 0 Å². The fraction of sp³-hybridized carbons (Fsp3) is 0.250. The van der Waals surface area contributed by atoms with E-state index in [1.54, 1.807) is 12.4 Å². The van der Waals surface area contributed by atoms with Crippen LogP contribution < -0.4 is 0 Å². The molecule has 0 N–H and O–H groups in total. The monoisotopic (exact) mass is 294 g/mol. The number of hydrogen-bond donors (Lipinski definition) is 0. The third kappa shape index (κ3) is 2.67. The second-order valence-corrected chi connectivity index (χ2v) is 4.75. The molecule has 0 saturated heterocycles. The highest BCUT2D eigenvalue weighted by atomic mass is 15.1. The fourth-order valence-electron chi connectivity index (χ4n) is 2.30. The second kappa shape index (κ2) is 6.34. The van der Waals surface area contributed by atoms with E-state index in [9.17, 15) is 0 Å². The molecule has 6 nitrogen and oxygen atoms in total. The number of fused-ring (bicyclic) bond motifs is 2. The van der Waals surface area contributed by atoms with Crippen molar-refractivity contribution in [1.82, 2.24) is 29.1 Å². The van der Waals surface area contributed by atoms with E-state index in [2.05, 4.69) is 42.9 Å². The fourth-order valence-corrected chi connectivity index (χ4v) is 2.30. The molecular formula is C16H18N6. The van der Waals surface area contributed by atoms with Crippen molar-refractivity contribution in [3.05, 3.63) is 49.3 Å². The van der Waals surface area contributed by atoms with Gasteiger partial charge in [0.2, 0.25) is 0 Å². The molecule has 4 heterocycles. The Kier molecular flexibility index (Phi) is 4.09. The first-order chi connectivity index (χ1) is 10.8. The van der Waals surface area contributed by atoms with Crippen molar-refractivity contribution in [2.24, 2.45) is 0 Å². The van der Waals surface area contributed by atoms with Gasteiger partial charge in [-0.25, -0.2) is 19.9 Å². The molecule has 4 aromatic rings. The van der Waals surface area contributed by atoms with Crippen molar-refractivity contribution in [1.29, 1.82) is 0 Å². The Hall–Kier alpha value is -2.76. The van der Waals surface area contributed by atoms with Crippen LogP contribution in [0.15, 0.2) is 49.3 Å². The summed E-state index contributed by atoms with van der Waals surface area (Å²) < 4.78 is 4.14. The second-order valence-electron chi connectivity index (χ2n) is 4.75. The van der Waals surface area contributed by atoms with E-state index in [0.29, 0.717) is 0 Å². The molecule has 22 heavy (non-hydrogen) atoms. The zero-order valence-corrected chi connectivity index (χ0v) is 12.7. The van der Waals surface area contributed by atoms with Crippen molar-refractivity contribution in [2.75, 3.05) is 0 Å². The van der Waals surface area contributed by atoms with Gasteiger partial charge in [-0.15, -0.1) is 0 Å². The lowest BCUT2D eigenvalue weighted by Gasteiger charge is -1.95. The normalized spacial score (nSPS) is 10.6. The molecule has 4 aromatic heterocycles. The predicted octanol–water partition coefficient (Wildman–Crippen LogP) is 2.90. The number of aromatic nitrogens is 6. The number of aryl methyl sites for hydroxylation is 2. The Morgan fingerprint density at radius 3 is 1.59 bits per heavy atom. The van der Waals surface area contributed by atoms with Crippen LogP contribution in [0.1, 0.15) is 13.8 Å². The van der Waals surface area contributed by atoms with E-state index in [4.69, 9.17) is 0 Å².